The first-order valence-electron chi connectivity index (χ1n) is 3.79. The fourth-order valence-corrected chi connectivity index (χ4v) is 0.945. The molecule has 0 nitrogen and oxygen atoms in total. The van der Waals surface area contributed by atoms with Crippen LogP contribution in [0.1, 0.15) is 12.5 Å². The molecule has 1 rings (SSSR count). The maximum atomic E-state index is 12.9. The van der Waals surface area contributed by atoms with Gasteiger partial charge in [0.05, 0.1) is 0 Å². The maximum Gasteiger partial charge on any atom is 0.126 e. The molecule has 0 N–H and O–H groups in total. The fraction of sp³-hybridized carbons (Fsp3) is 0.200. The molecule has 2 heteroatoms. The van der Waals surface area contributed by atoms with Crippen molar-refractivity contribution in [3.63, 3.8) is 0 Å². The third-order valence-corrected chi connectivity index (χ3v) is 1.58. The Morgan fingerprint density at radius 1 is 1.33 bits per heavy atom. The van der Waals surface area contributed by atoms with Crippen molar-refractivity contribution in [3.05, 3.63) is 47.5 Å². The lowest BCUT2D eigenvalue weighted by Gasteiger charge is -1.98. The second kappa shape index (κ2) is 4.00. The number of rotatable bonds is 2. The Morgan fingerprint density at radius 2 is 2.08 bits per heavy atom. The highest BCUT2D eigenvalue weighted by Gasteiger charge is 2.00. The summed E-state index contributed by atoms with van der Waals surface area (Å²) in [7, 11) is 0. The normalized spacial score (nSPS) is 10.9. The van der Waals surface area contributed by atoms with Crippen molar-refractivity contribution in [2.75, 3.05) is 0 Å². The largest absolute Gasteiger partial charge is 0.207 e. The Balaban J connectivity index is 2.89. The smallest absolute Gasteiger partial charge is 0.126 e. The minimum atomic E-state index is -0.393. The molecule has 0 spiro atoms. The van der Waals surface area contributed by atoms with E-state index in [1.807, 2.05) is 13.0 Å². The van der Waals surface area contributed by atoms with Crippen LogP contribution in [0.25, 0.3) is 0 Å². The molecule has 12 heavy (non-hydrogen) atoms. The second-order valence-corrected chi connectivity index (χ2v) is 2.51. The van der Waals surface area contributed by atoms with Gasteiger partial charge in [0.2, 0.25) is 0 Å². The third kappa shape index (κ3) is 2.16. The quantitative estimate of drug-likeness (QED) is 0.595. The van der Waals surface area contributed by atoms with E-state index in [-0.39, 0.29) is 5.82 Å². The molecule has 0 aromatic heterocycles. The van der Waals surface area contributed by atoms with Crippen LogP contribution in [0.2, 0.25) is 0 Å². The number of allylic oxidation sites excluding steroid dienone is 2. The zero-order chi connectivity index (χ0) is 8.97. The van der Waals surface area contributed by atoms with Gasteiger partial charge in [0, 0.05) is 0 Å². The number of hydrogen-bond donors (Lipinski definition) is 0. The van der Waals surface area contributed by atoms with Crippen molar-refractivity contribution in [2.24, 2.45) is 0 Å². The van der Waals surface area contributed by atoms with E-state index < -0.39 is 5.82 Å². The predicted molar refractivity (Wildman–Crippen MR) is 44.9 cm³/mol. The summed E-state index contributed by atoms with van der Waals surface area (Å²) in [5.74, 6) is -0.745. The zero-order valence-electron chi connectivity index (χ0n) is 6.85. The average Bonchev–Trinajstić information content (AvgIpc) is 2.07. The Labute approximate surface area is 70.5 Å². The summed E-state index contributed by atoms with van der Waals surface area (Å²) in [4.78, 5) is 0. The van der Waals surface area contributed by atoms with Crippen molar-refractivity contribution in [3.8, 4) is 0 Å². The maximum absolute atomic E-state index is 12.9. The van der Waals surface area contributed by atoms with Crippen molar-refractivity contribution < 1.29 is 8.78 Å². The zero-order valence-corrected chi connectivity index (χ0v) is 6.85. The molecule has 0 amide bonds. The Hall–Kier alpha value is -1.18. The summed E-state index contributed by atoms with van der Waals surface area (Å²) < 4.78 is 25.5. The highest BCUT2D eigenvalue weighted by atomic mass is 19.1. The van der Waals surface area contributed by atoms with Crippen molar-refractivity contribution in [1.29, 1.82) is 0 Å². The van der Waals surface area contributed by atoms with Crippen LogP contribution in [0.5, 0.6) is 0 Å². The van der Waals surface area contributed by atoms with E-state index in [1.54, 1.807) is 6.08 Å². The third-order valence-electron chi connectivity index (χ3n) is 1.58. The van der Waals surface area contributed by atoms with Gasteiger partial charge >= 0.3 is 0 Å². The number of hydrogen-bond acceptors (Lipinski definition) is 0. The van der Waals surface area contributed by atoms with Gasteiger partial charge in [-0.2, -0.15) is 0 Å². The predicted octanol–water partition coefficient (Wildman–Crippen LogP) is 3.08. The van der Waals surface area contributed by atoms with Gasteiger partial charge in [-0.05, 0) is 37.1 Å². The van der Waals surface area contributed by atoms with Gasteiger partial charge in [0.1, 0.15) is 11.6 Å². The molecule has 0 fully saturated rings. The molecule has 0 saturated carbocycles. The van der Waals surface area contributed by atoms with E-state index in [2.05, 4.69) is 0 Å². The lowest BCUT2D eigenvalue weighted by Crippen LogP contribution is -1.89. The van der Waals surface area contributed by atoms with Gasteiger partial charge in [-0.25, -0.2) is 8.78 Å². The van der Waals surface area contributed by atoms with E-state index >= 15 is 0 Å². The molecule has 0 atom stereocenters. The van der Waals surface area contributed by atoms with Crippen LogP contribution >= 0.6 is 0 Å². The molecular formula is C10H10F2. The van der Waals surface area contributed by atoms with Gasteiger partial charge in [0.15, 0.2) is 0 Å². The summed E-state index contributed by atoms with van der Waals surface area (Å²) in [5, 5.41) is 0. The van der Waals surface area contributed by atoms with Crippen LogP contribution in [-0.4, -0.2) is 0 Å². The lowest BCUT2D eigenvalue weighted by molar-refractivity contribution is 0.589. The first-order valence-corrected chi connectivity index (χ1v) is 3.79. The molecule has 0 aliphatic rings. The van der Waals surface area contributed by atoms with Crippen LogP contribution in [-0.2, 0) is 6.42 Å². The molecule has 0 unspecified atom stereocenters. The second-order valence-electron chi connectivity index (χ2n) is 2.51. The topological polar surface area (TPSA) is 0 Å². The lowest BCUT2D eigenvalue weighted by atomic mass is 10.1. The van der Waals surface area contributed by atoms with Crippen molar-refractivity contribution in [1.82, 2.24) is 0 Å². The molecule has 0 bridgehead atoms. The monoisotopic (exact) mass is 168 g/mol. The fourth-order valence-electron chi connectivity index (χ4n) is 0.945. The van der Waals surface area contributed by atoms with Crippen LogP contribution in [0.15, 0.2) is 30.4 Å². The standard InChI is InChI=1S/C10H10F2/c1-2-3-4-8-7-9(11)5-6-10(8)12/h2-3,5-7H,4H2,1H3. The highest BCUT2D eigenvalue weighted by molar-refractivity contribution is 5.20. The van der Waals surface area contributed by atoms with Crippen LogP contribution < -0.4 is 0 Å². The van der Waals surface area contributed by atoms with Crippen LogP contribution in [0.4, 0.5) is 8.78 Å². The Bertz CT molecular complexity index is 290. The van der Waals surface area contributed by atoms with Gasteiger partial charge in [-0.3, -0.25) is 0 Å². The van der Waals surface area contributed by atoms with Crippen molar-refractivity contribution >= 4 is 0 Å². The molecule has 0 radical (unpaired) electrons. The Kier molecular flexibility index (Phi) is 2.97. The minimum Gasteiger partial charge on any atom is -0.207 e. The van der Waals surface area contributed by atoms with E-state index in [0.29, 0.717) is 12.0 Å². The highest BCUT2D eigenvalue weighted by Crippen LogP contribution is 2.10. The molecular weight excluding hydrogens is 158 g/mol. The average molecular weight is 168 g/mol. The molecule has 0 saturated heterocycles. The van der Waals surface area contributed by atoms with Gasteiger partial charge in [-0.1, -0.05) is 12.2 Å². The summed E-state index contributed by atoms with van der Waals surface area (Å²) in [5.41, 5.74) is 0.396. The summed E-state index contributed by atoms with van der Waals surface area (Å²) in [6, 6.07) is 3.48. The minimum absolute atomic E-state index is 0.352. The molecule has 1 aromatic rings. The van der Waals surface area contributed by atoms with E-state index in [9.17, 15) is 8.78 Å². The summed E-state index contributed by atoms with van der Waals surface area (Å²) in [6.07, 6.45) is 4.04. The molecule has 64 valence electrons. The Morgan fingerprint density at radius 3 is 2.75 bits per heavy atom. The first-order chi connectivity index (χ1) is 5.74. The number of benzene rings is 1. The summed E-state index contributed by atoms with van der Waals surface area (Å²) >= 11 is 0. The van der Waals surface area contributed by atoms with E-state index in [1.165, 1.54) is 6.07 Å². The first kappa shape index (κ1) is 8.91. The molecule has 0 heterocycles. The molecule has 0 aliphatic carbocycles. The van der Waals surface area contributed by atoms with Gasteiger partial charge in [0.25, 0.3) is 0 Å². The van der Waals surface area contributed by atoms with Crippen LogP contribution in [0.3, 0.4) is 0 Å². The SMILES string of the molecule is CC=CCc1cc(F)ccc1F. The molecule has 0 aliphatic heterocycles. The van der Waals surface area contributed by atoms with E-state index in [0.717, 1.165) is 12.1 Å². The summed E-state index contributed by atoms with van der Waals surface area (Å²) in [6.45, 7) is 1.84. The van der Waals surface area contributed by atoms with Crippen LogP contribution in [0, 0.1) is 11.6 Å². The number of halogens is 2. The van der Waals surface area contributed by atoms with Crippen molar-refractivity contribution in [2.45, 2.75) is 13.3 Å². The van der Waals surface area contributed by atoms with Gasteiger partial charge < -0.3 is 0 Å². The van der Waals surface area contributed by atoms with E-state index in [4.69, 9.17) is 0 Å². The van der Waals surface area contributed by atoms with Gasteiger partial charge in [-0.15, -0.1) is 0 Å². The molecule has 1 aromatic carbocycles.